The van der Waals surface area contributed by atoms with Crippen molar-refractivity contribution in [3.63, 3.8) is 0 Å². The molecule has 0 aliphatic rings. The van der Waals surface area contributed by atoms with Gasteiger partial charge in [0.1, 0.15) is 0 Å². The van der Waals surface area contributed by atoms with Gasteiger partial charge in [0.15, 0.2) is 0 Å². The monoisotopic (exact) mass is 430 g/mol. The van der Waals surface area contributed by atoms with Crippen LogP contribution in [0.2, 0.25) is 0 Å². The molecule has 0 saturated carbocycles. The minimum absolute atomic E-state index is 0.150. The lowest BCUT2D eigenvalue weighted by Gasteiger charge is -2.03. The second-order valence-corrected chi connectivity index (χ2v) is 7.48. The highest BCUT2D eigenvalue weighted by molar-refractivity contribution is 9.11. The molecule has 0 spiro atoms. The van der Waals surface area contributed by atoms with Crippen LogP contribution in [0.25, 0.3) is 0 Å². The normalized spacial score (nSPS) is 10.3. The Kier molecular flexibility index (Phi) is 5.89. The number of hydrogen-bond acceptors (Lipinski definition) is 4. The van der Waals surface area contributed by atoms with Crippen LogP contribution in [0.1, 0.15) is 20.7 Å². The summed E-state index contributed by atoms with van der Waals surface area (Å²) in [7, 11) is 1.87. The smallest absolute Gasteiger partial charge is 0.231 e. The van der Waals surface area contributed by atoms with Crippen molar-refractivity contribution in [2.24, 2.45) is 0 Å². The molecule has 0 N–H and O–H groups in total. The lowest BCUT2D eigenvalue weighted by atomic mass is 10.2. The Labute approximate surface area is 141 Å². The maximum atomic E-state index is 12.0. The van der Waals surface area contributed by atoms with Crippen molar-refractivity contribution in [2.45, 2.75) is 0 Å². The van der Waals surface area contributed by atoms with Crippen LogP contribution < -0.4 is 0 Å². The fourth-order valence-electron chi connectivity index (χ4n) is 1.42. The van der Waals surface area contributed by atoms with E-state index < -0.39 is 0 Å². The number of rotatable bonds is 2. The first-order valence-electron chi connectivity index (χ1n) is 5.52. The first-order valence-corrected chi connectivity index (χ1v) is 9.25. The maximum absolute atomic E-state index is 12.0. The van der Waals surface area contributed by atoms with E-state index in [1.807, 2.05) is 12.1 Å². The predicted octanol–water partition coefficient (Wildman–Crippen LogP) is 5.57. The van der Waals surface area contributed by atoms with Crippen molar-refractivity contribution in [3.8, 4) is 0 Å². The molecule has 0 atom stereocenters. The van der Waals surface area contributed by atoms with E-state index in [4.69, 9.17) is 0 Å². The summed E-state index contributed by atoms with van der Waals surface area (Å²) in [6.45, 7) is 0. The summed E-state index contributed by atoms with van der Waals surface area (Å²) in [5.74, 6) is 0. The van der Waals surface area contributed by atoms with Crippen LogP contribution in [0, 0.1) is 0 Å². The molecule has 2 nitrogen and oxygen atoms in total. The third-order valence-corrected chi connectivity index (χ3v) is 5.75. The van der Waals surface area contributed by atoms with Crippen molar-refractivity contribution in [3.05, 3.63) is 68.6 Å². The molecule has 6 heteroatoms. The summed E-state index contributed by atoms with van der Waals surface area (Å²) in [5, 5.41) is -0.300. The highest BCUT2D eigenvalue weighted by atomic mass is 79.9. The number of benzene rings is 2. The summed E-state index contributed by atoms with van der Waals surface area (Å²) < 4.78 is 1.46. The Bertz CT molecular complexity index is 602. The molecule has 0 bridgehead atoms. The molecule has 0 saturated heterocycles. The summed E-state index contributed by atoms with van der Waals surface area (Å²) in [4.78, 5) is 24.1. The number of hydrogen-bond donors (Lipinski definition) is 0. The molecule has 20 heavy (non-hydrogen) atoms. The Morgan fingerprint density at radius 1 is 0.700 bits per heavy atom. The Morgan fingerprint density at radius 2 is 1.05 bits per heavy atom. The van der Waals surface area contributed by atoms with Gasteiger partial charge in [-0.3, -0.25) is 9.59 Å². The quantitative estimate of drug-likeness (QED) is 0.581. The molecule has 2 rings (SSSR count). The van der Waals surface area contributed by atoms with Gasteiger partial charge < -0.3 is 0 Å². The highest BCUT2D eigenvalue weighted by Gasteiger charge is 2.16. The molecule has 0 aliphatic heterocycles. The van der Waals surface area contributed by atoms with Gasteiger partial charge in [0.05, 0.1) is 0 Å². The van der Waals surface area contributed by atoms with Gasteiger partial charge in [0, 0.05) is 20.1 Å². The van der Waals surface area contributed by atoms with Gasteiger partial charge in [-0.2, -0.15) is 0 Å². The van der Waals surface area contributed by atoms with E-state index in [1.165, 1.54) is 0 Å². The molecule has 0 fully saturated rings. The van der Waals surface area contributed by atoms with Gasteiger partial charge in [-0.25, -0.2) is 0 Å². The minimum atomic E-state index is -0.150. The van der Waals surface area contributed by atoms with Crippen LogP contribution in [0.15, 0.2) is 57.5 Å². The van der Waals surface area contributed by atoms with Crippen LogP contribution in [-0.4, -0.2) is 10.2 Å². The second kappa shape index (κ2) is 7.45. The lowest BCUT2D eigenvalue weighted by Crippen LogP contribution is -1.96. The van der Waals surface area contributed by atoms with Crippen LogP contribution in [0.4, 0.5) is 0 Å². The first kappa shape index (κ1) is 15.8. The van der Waals surface area contributed by atoms with E-state index in [1.54, 1.807) is 36.4 Å². The van der Waals surface area contributed by atoms with E-state index in [-0.39, 0.29) is 10.2 Å². The number of carbonyl (C=O) groups is 2. The van der Waals surface area contributed by atoms with Crippen molar-refractivity contribution in [1.82, 2.24) is 0 Å². The third-order valence-electron chi connectivity index (χ3n) is 2.38. The van der Waals surface area contributed by atoms with Crippen molar-refractivity contribution in [1.29, 1.82) is 0 Å². The van der Waals surface area contributed by atoms with Crippen LogP contribution in [0.3, 0.4) is 0 Å². The molecule has 2 aromatic carbocycles. The number of halogens is 2. The Morgan fingerprint density at radius 3 is 1.40 bits per heavy atom. The highest BCUT2D eigenvalue weighted by Crippen LogP contribution is 2.33. The SMILES string of the molecule is O=C(SSC(=O)c1ccccc1Br)c1ccccc1Br. The van der Waals surface area contributed by atoms with E-state index in [0.29, 0.717) is 11.1 Å². The average Bonchev–Trinajstić information content (AvgIpc) is 2.45. The number of carbonyl (C=O) groups excluding carboxylic acids is 2. The molecule has 2 aromatic rings. The minimum Gasteiger partial charge on any atom is -0.281 e. The van der Waals surface area contributed by atoms with Gasteiger partial charge in [0.25, 0.3) is 0 Å². The van der Waals surface area contributed by atoms with E-state index >= 15 is 0 Å². The summed E-state index contributed by atoms with van der Waals surface area (Å²) >= 11 is 6.65. The predicted molar refractivity (Wildman–Crippen MR) is 92.1 cm³/mol. The molecule has 0 heterocycles. The zero-order chi connectivity index (χ0) is 14.5. The molecule has 0 radical (unpaired) electrons. The van der Waals surface area contributed by atoms with E-state index in [2.05, 4.69) is 31.9 Å². The van der Waals surface area contributed by atoms with Crippen LogP contribution in [-0.2, 0) is 0 Å². The molecule has 0 aliphatic carbocycles. The van der Waals surface area contributed by atoms with Crippen molar-refractivity contribution in [2.75, 3.05) is 0 Å². The van der Waals surface area contributed by atoms with Crippen molar-refractivity contribution < 1.29 is 9.59 Å². The zero-order valence-corrected chi connectivity index (χ0v) is 14.8. The Hall–Kier alpha value is -0.560. The van der Waals surface area contributed by atoms with Crippen molar-refractivity contribution >= 4 is 63.7 Å². The third kappa shape index (κ3) is 3.97. The Balaban J connectivity index is 2.03. The lowest BCUT2D eigenvalue weighted by molar-refractivity contribution is 0.107. The maximum Gasteiger partial charge on any atom is 0.231 e. The molecule has 0 aromatic heterocycles. The topological polar surface area (TPSA) is 34.1 Å². The second-order valence-electron chi connectivity index (χ2n) is 3.70. The van der Waals surface area contributed by atoms with Gasteiger partial charge >= 0.3 is 0 Å². The van der Waals surface area contributed by atoms with Crippen LogP contribution >= 0.6 is 53.4 Å². The van der Waals surface area contributed by atoms with Crippen LogP contribution in [0.5, 0.6) is 0 Å². The van der Waals surface area contributed by atoms with E-state index in [9.17, 15) is 9.59 Å². The van der Waals surface area contributed by atoms with Gasteiger partial charge in [0.2, 0.25) is 10.2 Å². The first-order chi connectivity index (χ1) is 9.59. The standard InChI is InChI=1S/C14H8Br2O2S2/c15-11-7-3-1-5-9(11)13(17)19-20-14(18)10-6-2-4-8-12(10)16/h1-8H. The fraction of sp³-hybridized carbons (Fsp3) is 0. The summed E-state index contributed by atoms with van der Waals surface area (Å²) in [5.41, 5.74) is 1.12. The molecular weight excluding hydrogens is 424 g/mol. The zero-order valence-electron chi connectivity index (χ0n) is 10.0. The fourth-order valence-corrected chi connectivity index (χ4v) is 4.29. The van der Waals surface area contributed by atoms with E-state index in [0.717, 1.165) is 30.5 Å². The average molecular weight is 432 g/mol. The molecular formula is C14H8Br2O2S2. The summed E-state index contributed by atoms with van der Waals surface area (Å²) in [6.07, 6.45) is 0. The van der Waals surface area contributed by atoms with Gasteiger partial charge in [-0.15, -0.1) is 0 Å². The molecule has 102 valence electrons. The largest absolute Gasteiger partial charge is 0.281 e. The van der Waals surface area contributed by atoms with Gasteiger partial charge in [-0.1, -0.05) is 56.1 Å². The van der Waals surface area contributed by atoms with Gasteiger partial charge in [-0.05, 0) is 45.9 Å². The summed E-state index contributed by atoms with van der Waals surface area (Å²) in [6, 6.07) is 14.3. The molecule has 0 unspecified atom stereocenters. The molecule has 0 amide bonds.